The fourth-order valence-electron chi connectivity index (χ4n) is 13.1. The molecular formula is C54H76N8O16. The van der Waals surface area contributed by atoms with E-state index in [0.717, 1.165) is 24.0 Å². The van der Waals surface area contributed by atoms with E-state index >= 15 is 19.2 Å². The number of cyclic esters (lactones) is 2. The van der Waals surface area contributed by atoms with Gasteiger partial charge in [0.15, 0.2) is 12.2 Å². The molecule has 4 aliphatic carbocycles. The van der Waals surface area contributed by atoms with E-state index in [1.807, 2.05) is 52.0 Å². The maximum absolute atomic E-state index is 16.1. The molecule has 0 aromatic rings. The van der Waals surface area contributed by atoms with Crippen LogP contribution in [-0.2, 0) is 66.9 Å². The zero-order valence-electron chi connectivity index (χ0n) is 46.9. The molecule has 0 radical (unpaired) electrons. The average molecular weight is 1090 g/mol. The normalized spacial score (nSPS) is 31.2. The zero-order valence-corrected chi connectivity index (χ0v) is 46.9. The van der Waals surface area contributed by atoms with Gasteiger partial charge in [-0.2, -0.15) is 0 Å². The molecule has 24 heteroatoms. The number of methoxy groups -OCH3 is 2. The van der Waals surface area contributed by atoms with Gasteiger partial charge in [0.25, 0.3) is 23.6 Å². The highest BCUT2D eigenvalue weighted by Crippen LogP contribution is 2.60. The lowest BCUT2D eigenvalue weighted by molar-refractivity contribution is -0.156. The number of hydrogen-bond donors (Lipinski definition) is 6. The van der Waals surface area contributed by atoms with E-state index in [4.69, 9.17) is 18.9 Å². The summed E-state index contributed by atoms with van der Waals surface area (Å²) in [5.41, 5.74) is -10.5. The summed E-state index contributed by atoms with van der Waals surface area (Å²) in [5.74, 6) is -15.3. The van der Waals surface area contributed by atoms with Crippen LogP contribution in [0.2, 0.25) is 0 Å². The second-order valence-corrected chi connectivity index (χ2v) is 25.1. The molecule has 7 rings (SSSR count). The number of carbonyl (C=O) groups excluding carboxylic acids is 12. The van der Waals surface area contributed by atoms with Gasteiger partial charge in [-0.1, -0.05) is 52.0 Å². The third-order valence-electron chi connectivity index (χ3n) is 16.5. The summed E-state index contributed by atoms with van der Waals surface area (Å²) in [5, 5.41) is 16.5. The first-order chi connectivity index (χ1) is 36.1. The fraction of sp³-hybridized carbons (Fsp3) is 0.704. The van der Waals surface area contributed by atoms with Crippen LogP contribution in [0, 0.1) is 59.2 Å². The lowest BCUT2D eigenvalue weighted by Gasteiger charge is -2.53. The van der Waals surface area contributed by atoms with Gasteiger partial charge in [0.2, 0.25) is 23.6 Å². The van der Waals surface area contributed by atoms with Crippen molar-refractivity contribution in [2.24, 2.45) is 59.2 Å². The molecule has 428 valence electrons. The Kier molecular flexibility index (Phi) is 15.6. The van der Waals surface area contributed by atoms with Crippen molar-refractivity contribution in [3.05, 3.63) is 24.3 Å². The summed E-state index contributed by atoms with van der Waals surface area (Å²) >= 11 is 0. The summed E-state index contributed by atoms with van der Waals surface area (Å²) in [6.07, 6.45) is 2.16. The van der Waals surface area contributed by atoms with Crippen LogP contribution < -0.4 is 31.9 Å². The van der Waals surface area contributed by atoms with Gasteiger partial charge in [-0.15, -0.1) is 0 Å². The number of esters is 2. The summed E-state index contributed by atoms with van der Waals surface area (Å²) in [4.78, 5) is 173. The van der Waals surface area contributed by atoms with E-state index in [2.05, 4.69) is 31.9 Å². The molecule has 2 saturated carbocycles. The molecule has 3 heterocycles. The van der Waals surface area contributed by atoms with Gasteiger partial charge in [0.05, 0.1) is 39.1 Å². The summed E-state index contributed by atoms with van der Waals surface area (Å²) in [7, 11) is 2.30. The average Bonchev–Trinajstić information content (AvgIpc) is 4.33. The largest absolute Gasteiger partial charge is 0.467 e. The van der Waals surface area contributed by atoms with E-state index in [-0.39, 0.29) is 12.8 Å². The van der Waals surface area contributed by atoms with Crippen LogP contribution in [-0.4, -0.2) is 154 Å². The van der Waals surface area contributed by atoms with Crippen LogP contribution in [0.3, 0.4) is 0 Å². The highest BCUT2D eigenvalue weighted by Gasteiger charge is 2.70. The van der Waals surface area contributed by atoms with Crippen molar-refractivity contribution < 1.29 is 76.5 Å². The third-order valence-corrected chi connectivity index (χ3v) is 16.5. The standard InChI is InChI=1S/C54H76N8O16/c1-25(2)21-53(43(69)61-23-31(77-47(61)73)37(63)55-49(5,6)41(67)59-51(9,10)45(71)75-13)35-29-17-18-30(20-29)36(35)54(22-26(3)4,58-40(66)34-28-16-15-27(19-28)33(34)39(65)57-53)44(70)62-24-32(78-48(62)74)38(64)56-50(7,8)42(68)60-52(11,12)46(72)76-14/h15-18,25-36H,19-24H2,1-14H3,(H,55,63)(H,56,64)(H,57,65)(H,58,66)(H,59,67)(H,60,68)/t27-,28+,29-,30+,31-,32-,33-,34-,35-,36-,53-,54-/m0/s1. The van der Waals surface area contributed by atoms with E-state index < -0.39 is 189 Å². The van der Waals surface area contributed by atoms with Crippen molar-refractivity contribution in [1.82, 2.24) is 41.7 Å². The zero-order chi connectivity index (χ0) is 58.2. The Morgan fingerprint density at radius 1 is 0.551 bits per heavy atom. The Labute approximate surface area is 453 Å². The second-order valence-electron chi connectivity index (χ2n) is 25.1. The molecule has 24 nitrogen and oxygen atoms in total. The molecule has 7 aliphatic rings. The molecule has 5 fully saturated rings. The first-order valence-electron chi connectivity index (χ1n) is 26.6. The van der Waals surface area contributed by atoms with Crippen LogP contribution in [0.15, 0.2) is 24.3 Å². The molecule has 4 bridgehead atoms. The van der Waals surface area contributed by atoms with Crippen molar-refractivity contribution in [1.29, 1.82) is 0 Å². The second kappa shape index (κ2) is 20.7. The Hall–Kier alpha value is -6.88. The van der Waals surface area contributed by atoms with Crippen LogP contribution in [0.1, 0.15) is 109 Å². The molecule has 0 aromatic heterocycles. The van der Waals surface area contributed by atoms with E-state index in [1.165, 1.54) is 55.4 Å². The third kappa shape index (κ3) is 10.5. The predicted octanol–water partition coefficient (Wildman–Crippen LogP) is 1.30. The lowest BCUT2D eigenvalue weighted by Crippen LogP contribution is -2.74. The Morgan fingerprint density at radius 2 is 0.872 bits per heavy atom. The van der Waals surface area contributed by atoms with E-state index in [9.17, 15) is 38.4 Å². The topological polar surface area (TPSA) is 320 Å². The minimum atomic E-state index is -2.06. The Bertz CT molecular complexity index is 2470. The minimum Gasteiger partial charge on any atom is -0.467 e. The maximum Gasteiger partial charge on any atom is 0.417 e. The number of fused-ring (bicyclic) bond motifs is 10. The van der Waals surface area contributed by atoms with Gasteiger partial charge in [0, 0.05) is 11.8 Å². The monoisotopic (exact) mass is 1090 g/mol. The highest BCUT2D eigenvalue weighted by molar-refractivity contribution is 6.07. The van der Waals surface area contributed by atoms with Crippen molar-refractivity contribution in [3.63, 3.8) is 0 Å². The molecule has 6 N–H and O–H groups in total. The minimum absolute atomic E-state index is 0.116. The van der Waals surface area contributed by atoms with Gasteiger partial charge in [-0.05, 0) is 117 Å². The van der Waals surface area contributed by atoms with Crippen LogP contribution >= 0.6 is 0 Å². The fourth-order valence-corrected chi connectivity index (χ4v) is 13.1. The van der Waals surface area contributed by atoms with Gasteiger partial charge in [-0.3, -0.25) is 38.4 Å². The molecule has 0 unspecified atom stereocenters. The van der Waals surface area contributed by atoms with Gasteiger partial charge in [0.1, 0.15) is 33.2 Å². The summed E-state index contributed by atoms with van der Waals surface area (Å²) in [6.45, 7) is 17.0. The van der Waals surface area contributed by atoms with Crippen LogP contribution in [0.25, 0.3) is 0 Å². The van der Waals surface area contributed by atoms with Crippen molar-refractivity contribution in [2.45, 2.75) is 154 Å². The number of hydrogen-bond acceptors (Lipinski definition) is 16. The van der Waals surface area contributed by atoms with Crippen LogP contribution in [0.5, 0.6) is 0 Å². The highest BCUT2D eigenvalue weighted by atomic mass is 16.6. The number of carbonyl (C=O) groups is 12. The molecular weight excluding hydrogens is 1020 g/mol. The molecule has 3 saturated heterocycles. The number of nitrogens with zero attached hydrogens (tertiary/aromatic N) is 2. The summed E-state index contributed by atoms with van der Waals surface area (Å²) < 4.78 is 20.8. The number of ether oxygens (including phenoxy) is 4. The molecule has 10 amide bonds. The smallest absolute Gasteiger partial charge is 0.417 e. The Balaban J connectivity index is 1.28. The number of rotatable bonds is 16. The molecule has 0 spiro atoms. The molecule has 12 atom stereocenters. The quantitative estimate of drug-likeness (QED) is 0.0721. The first-order valence-corrected chi connectivity index (χ1v) is 26.6. The van der Waals surface area contributed by atoms with Gasteiger partial charge < -0.3 is 50.8 Å². The molecule has 0 aromatic carbocycles. The van der Waals surface area contributed by atoms with Gasteiger partial charge >= 0.3 is 24.1 Å². The summed E-state index contributed by atoms with van der Waals surface area (Å²) in [6, 6.07) is 0. The van der Waals surface area contributed by atoms with Crippen LogP contribution in [0.4, 0.5) is 9.59 Å². The number of amides is 10. The van der Waals surface area contributed by atoms with E-state index in [1.54, 1.807) is 0 Å². The maximum atomic E-state index is 16.1. The van der Waals surface area contributed by atoms with Crippen molar-refractivity contribution in [3.8, 4) is 0 Å². The number of allylic oxidation sites excluding steroid dienone is 4. The predicted molar refractivity (Wildman–Crippen MR) is 273 cm³/mol. The van der Waals surface area contributed by atoms with Gasteiger partial charge in [-0.25, -0.2) is 29.0 Å². The number of imide groups is 2. The first kappa shape index (κ1) is 58.8. The molecule has 78 heavy (non-hydrogen) atoms. The molecule has 3 aliphatic heterocycles. The SMILES string of the molecule is COC(=O)C(C)(C)NC(=O)C(C)(C)NC(=O)[C@@H]1CN(C(=O)[C@@]2(CC(C)C)NC(=O)[C@@H]3[C@@H](C(=O)N[C@](CC(C)C)(C(=O)N4C[C@@H](C(=O)NC(C)(C)C(=O)NC(C)(C)C(=O)OC)OC4=O)[C@@H]4[C@@H]2[C@@H]2C=C[C@H]4C2)[C@H]2C=C[C@@H]3C2)C(=O)O1. The van der Waals surface area contributed by atoms with Crippen molar-refractivity contribution in [2.75, 3.05) is 27.3 Å². The lowest BCUT2D eigenvalue weighted by atomic mass is 9.58. The van der Waals surface area contributed by atoms with E-state index in [0.29, 0.717) is 12.8 Å². The number of nitrogens with one attached hydrogen (secondary N) is 6. The Morgan fingerprint density at radius 3 is 1.19 bits per heavy atom. The van der Waals surface area contributed by atoms with Crippen molar-refractivity contribution >= 4 is 71.4 Å².